The first-order valence-corrected chi connectivity index (χ1v) is 7.34. The number of hydrogen-bond acceptors (Lipinski definition) is 3. The molecule has 0 saturated heterocycles. The van der Waals surface area contributed by atoms with Crippen LogP contribution in [0.1, 0.15) is 37.3 Å². The Bertz CT molecular complexity index is 753. The fourth-order valence-electron chi connectivity index (χ4n) is 2.48. The lowest BCUT2D eigenvalue weighted by Gasteiger charge is -2.19. The molecule has 2 unspecified atom stereocenters. The SMILES string of the molecule is CC(NC(C)c1nnc2ccccn12)c1cccc(Cl)c1. The minimum Gasteiger partial charge on any atom is -0.301 e. The number of hydrogen-bond donors (Lipinski definition) is 1. The van der Waals surface area contributed by atoms with Crippen molar-refractivity contribution >= 4 is 17.2 Å². The summed E-state index contributed by atoms with van der Waals surface area (Å²) in [6, 6.07) is 14.0. The number of aromatic nitrogens is 3. The lowest BCUT2D eigenvalue weighted by molar-refractivity contribution is 0.473. The Labute approximate surface area is 128 Å². The van der Waals surface area contributed by atoms with Crippen LogP contribution in [0.4, 0.5) is 0 Å². The van der Waals surface area contributed by atoms with Crippen molar-refractivity contribution in [1.82, 2.24) is 19.9 Å². The van der Waals surface area contributed by atoms with Crippen LogP contribution in [0.2, 0.25) is 5.02 Å². The fourth-order valence-corrected chi connectivity index (χ4v) is 2.68. The predicted molar refractivity (Wildman–Crippen MR) is 84.4 cm³/mol. The van der Waals surface area contributed by atoms with Crippen molar-refractivity contribution in [3.63, 3.8) is 0 Å². The van der Waals surface area contributed by atoms with Crippen molar-refractivity contribution in [2.75, 3.05) is 0 Å². The first kappa shape index (κ1) is 14.0. The summed E-state index contributed by atoms with van der Waals surface area (Å²) in [6.07, 6.45) is 1.98. The second-order valence-electron chi connectivity index (χ2n) is 5.15. The van der Waals surface area contributed by atoms with Gasteiger partial charge in [-0.3, -0.25) is 4.40 Å². The number of fused-ring (bicyclic) bond motifs is 1. The first-order valence-electron chi connectivity index (χ1n) is 6.96. The minimum absolute atomic E-state index is 0.0800. The van der Waals surface area contributed by atoms with Gasteiger partial charge in [0.25, 0.3) is 0 Å². The zero-order chi connectivity index (χ0) is 14.8. The van der Waals surface area contributed by atoms with Crippen LogP contribution in [0.15, 0.2) is 48.7 Å². The van der Waals surface area contributed by atoms with Crippen LogP contribution in [0.3, 0.4) is 0 Å². The van der Waals surface area contributed by atoms with E-state index in [2.05, 4.69) is 35.4 Å². The van der Waals surface area contributed by atoms with Crippen LogP contribution in [-0.4, -0.2) is 14.6 Å². The molecular weight excluding hydrogens is 284 g/mol. The van der Waals surface area contributed by atoms with Crippen LogP contribution in [0.25, 0.3) is 5.65 Å². The van der Waals surface area contributed by atoms with E-state index in [4.69, 9.17) is 11.6 Å². The van der Waals surface area contributed by atoms with Crippen molar-refractivity contribution in [2.24, 2.45) is 0 Å². The smallest absolute Gasteiger partial charge is 0.160 e. The van der Waals surface area contributed by atoms with E-state index in [-0.39, 0.29) is 12.1 Å². The van der Waals surface area contributed by atoms with Gasteiger partial charge in [0.15, 0.2) is 11.5 Å². The van der Waals surface area contributed by atoms with Gasteiger partial charge in [-0.15, -0.1) is 10.2 Å². The average Bonchev–Trinajstić information content (AvgIpc) is 2.91. The van der Waals surface area contributed by atoms with Gasteiger partial charge in [0.2, 0.25) is 0 Å². The number of benzene rings is 1. The number of rotatable bonds is 4. The van der Waals surface area contributed by atoms with Crippen LogP contribution in [0.5, 0.6) is 0 Å². The zero-order valence-corrected chi connectivity index (χ0v) is 12.7. The number of halogens is 1. The van der Waals surface area contributed by atoms with E-state index >= 15 is 0 Å². The summed E-state index contributed by atoms with van der Waals surface area (Å²) in [5.41, 5.74) is 2.01. The predicted octanol–water partition coefficient (Wildman–Crippen LogP) is 3.79. The molecule has 0 amide bonds. The molecule has 3 rings (SSSR count). The number of nitrogens with one attached hydrogen (secondary N) is 1. The van der Waals surface area contributed by atoms with Crippen LogP contribution in [-0.2, 0) is 0 Å². The Morgan fingerprint density at radius 3 is 2.71 bits per heavy atom. The third kappa shape index (κ3) is 2.91. The molecule has 2 heterocycles. The van der Waals surface area contributed by atoms with Gasteiger partial charge in [-0.2, -0.15) is 0 Å². The molecule has 0 aliphatic carbocycles. The fraction of sp³-hybridized carbons (Fsp3) is 0.250. The zero-order valence-electron chi connectivity index (χ0n) is 12.0. The molecule has 0 bridgehead atoms. The first-order chi connectivity index (χ1) is 10.1. The van der Waals surface area contributed by atoms with E-state index in [9.17, 15) is 0 Å². The highest BCUT2D eigenvalue weighted by atomic mass is 35.5. The lowest BCUT2D eigenvalue weighted by Crippen LogP contribution is -2.24. The summed E-state index contributed by atoms with van der Waals surface area (Å²) in [7, 11) is 0. The third-order valence-corrected chi connectivity index (χ3v) is 3.81. The Morgan fingerprint density at radius 1 is 1.05 bits per heavy atom. The van der Waals surface area contributed by atoms with Crippen molar-refractivity contribution < 1.29 is 0 Å². The highest BCUT2D eigenvalue weighted by molar-refractivity contribution is 6.30. The number of pyridine rings is 1. The molecule has 2 aromatic heterocycles. The summed E-state index contributed by atoms with van der Waals surface area (Å²) in [6.45, 7) is 4.20. The standard InChI is InChI=1S/C16H17ClN4/c1-11(13-6-5-7-14(17)10-13)18-12(2)16-20-19-15-8-3-4-9-21(15)16/h3-12,18H,1-2H3. The van der Waals surface area contributed by atoms with Crippen LogP contribution >= 0.6 is 11.6 Å². The van der Waals surface area contributed by atoms with E-state index in [1.54, 1.807) is 0 Å². The lowest BCUT2D eigenvalue weighted by atomic mass is 10.1. The van der Waals surface area contributed by atoms with Gasteiger partial charge in [-0.25, -0.2) is 0 Å². The summed E-state index contributed by atoms with van der Waals surface area (Å²) >= 11 is 6.05. The quantitative estimate of drug-likeness (QED) is 0.797. The Kier molecular flexibility index (Phi) is 3.90. The highest BCUT2D eigenvalue weighted by Crippen LogP contribution is 2.21. The summed E-state index contributed by atoms with van der Waals surface area (Å²) in [5.74, 6) is 0.902. The Balaban J connectivity index is 1.81. The molecule has 3 aromatic rings. The van der Waals surface area contributed by atoms with Gasteiger partial charge in [-0.1, -0.05) is 29.8 Å². The van der Waals surface area contributed by atoms with Gasteiger partial charge in [0.1, 0.15) is 0 Å². The molecule has 0 aliphatic rings. The second-order valence-corrected chi connectivity index (χ2v) is 5.59. The van der Waals surface area contributed by atoms with Crippen molar-refractivity contribution in [1.29, 1.82) is 0 Å². The van der Waals surface area contributed by atoms with Crippen LogP contribution < -0.4 is 5.32 Å². The highest BCUT2D eigenvalue weighted by Gasteiger charge is 2.16. The molecule has 1 aromatic carbocycles. The maximum absolute atomic E-state index is 6.05. The van der Waals surface area contributed by atoms with E-state index in [1.165, 1.54) is 0 Å². The van der Waals surface area contributed by atoms with E-state index in [0.29, 0.717) is 0 Å². The maximum Gasteiger partial charge on any atom is 0.160 e. The van der Waals surface area contributed by atoms with Gasteiger partial charge in [0, 0.05) is 17.3 Å². The van der Waals surface area contributed by atoms with Gasteiger partial charge in [-0.05, 0) is 43.7 Å². The number of nitrogens with zero attached hydrogens (tertiary/aromatic N) is 3. The normalized spacial score (nSPS) is 14.2. The molecule has 1 N–H and O–H groups in total. The molecule has 0 saturated carbocycles. The minimum atomic E-state index is 0.0800. The molecule has 2 atom stereocenters. The monoisotopic (exact) mass is 300 g/mol. The molecular formula is C16H17ClN4. The van der Waals surface area contributed by atoms with Crippen molar-refractivity contribution in [2.45, 2.75) is 25.9 Å². The van der Waals surface area contributed by atoms with E-state index < -0.39 is 0 Å². The summed E-state index contributed by atoms with van der Waals surface area (Å²) < 4.78 is 2.00. The molecule has 0 spiro atoms. The maximum atomic E-state index is 6.05. The average molecular weight is 301 g/mol. The van der Waals surface area contributed by atoms with Gasteiger partial charge in [0.05, 0.1) is 6.04 Å². The van der Waals surface area contributed by atoms with Crippen LogP contribution in [0, 0.1) is 0 Å². The van der Waals surface area contributed by atoms with E-state index in [0.717, 1.165) is 22.1 Å². The molecule has 4 nitrogen and oxygen atoms in total. The largest absolute Gasteiger partial charge is 0.301 e. The second kappa shape index (κ2) is 5.84. The molecule has 0 radical (unpaired) electrons. The molecule has 21 heavy (non-hydrogen) atoms. The molecule has 0 aliphatic heterocycles. The summed E-state index contributed by atoms with van der Waals surface area (Å²) in [4.78, 5) is 0. The van der Waals surface area contributed by atoms with E-state index in [1.807, 2.05) is 47.0 Å². The van der Waals surface area contributed by atoms with Crippen molar-refractivity contribution in [3.8, 4) is 0 Å². The Hall–Kier alpha value is -1.91. The molecule has 108 valence electrons. The van der Waals surface area contributed by atoms with Crippen molar-refractivity contribution in [3.05, 3.63) is 65.1 Å². The third-order valence-electron chi connectivity index (χ3n) is 3.58. The van der Waals surface area contributed by atoms with Gasteiger partial charge < -0.3 is 5.32 Å². The summed E-state index contributed by atoms with van der Waals surface area (Å²) in [5, 5.41) is 12.8. The Morgan fingerprint density at radius 2 is 1.90 bits per heavy atom. The van der Waals surface area contributed by atoms with Gasteiger partial charge >= 0.3 is 0 Å². The topological polar surface area (TPSA) is 42.2 Å². The molecule has 5 heteroatoms. The molecule has 0 fully saturated rings.